The minimum atomic E-state index is -1.24. The van der Waals surface area contributed by atoms with Crippen LogP contribution in [0.5, 0.6) is 0 Å². The van der Waals surface area contributed by atoms with Gasteiger partial charge in [-0.2, -0.15) is 0 Å². The summed E-state index contributed by atoms with van der Waals surface area (Å²) in [7, 11) is 0. The van der Waals surface area contributed by atoms with Crippen molar-refractivity contribution in [2.45, 2.75) is 70.0 Å². The predicted molar refractivity (Wildman–Crippen MR) is 89.6 cm³/mol. The van der Waals surface area contributed by atoms with Crippen molar-refractivity contribution in [3.63, 3.8) is 0 Å². The van der Waals surface area contributed by atoms with Gasteiger partial charge in [-0.3, -0.25) is 4.90 Å². The van der Waals surface area contributed by atoms with Crippen LogP contribution in [0.25, 0.3) is 0 Å². The molecule has 0 radical (unpaired) electrons. The minimum Gasteiger partial charge on any atom is -0.458 e. The Kier molecular flexibility index (Phi) is 4.47. The number of amides is 1. The van der Waals surface area contributed by atoms with E-state index in [2.05, 4.69) is 0 Å². The summed E-state index contributed by atoms with van der Waals surface area (Å²) in [6.45, 7) is 5.36. The van der Waals surface area contributed by atoms with Crippen molar-refractivity contribution >= 4 is 12.1 Å². The number of halogens is 1. The number of nitrogens with zero attached hydrogens (tertiary/aromatic N) is 1. The van der Waals surface area contributed by atoms with Gasteiger partial charge in [0.05, 0.1) is 6.04 Å². The number of esters is 1. The highest BCUT2D eigenvalue weighted by molar-refractivity contribution is 5.88. The van der Waals surface area contributed by atoms with Crippen LogP contribution in [0.2, 0.25) is 0 Å². The number of fused-ring (bicyclic) bond motifs is 2. The first-order chi connectivity index (χ1) is 11.7. The van der Waals surface area contributed by atoms with E-state index in [1.165, 1.54) is 4.90 Å². The van der Waals surface area contributed by atoms with Crippen LogP contribution in [0.15, 0.2) is 30.3 Å². The molecule has 0 aliphatic carbocycles. The van der Waals surface area contributed by atoms with Gasteiger partial charge in [0.15, 0.2) is 0 Å². The van der Waals surface area contributed by atoms with E-state index >= 15 is 0 Å². The standard InChI is InChI=1S/C19H24FNO4/c1-18(2,3)25-16(22)19-10-9-15(14(20)11-19)21(19)17(23)24-12-13-7-5-4-6-8-13/h4-8,14-15H,9-12H2,1-3H3/t14-,15-,19+/m1/s1. The molecule has 2 heterocycles. The third-order valence-corrected chi connectivity index (χ3v) is 4.78. The second-order valence-electron chi connectivity index (χ2n) is 7.77. The zero-order valence-electron chi connectivity index (χ0n) is 14.8. The normalized spacial score (nSPS) is 28.1. The van der Waals surface area contributed by atoms with Crippen molar-refractivity contribution in [1.29, 1.82) is 0 Å². The van der Waals surface area contributed by atoms with E-state index in [1.54, 1.807) is 20.8 Å². The highest BCUT2D eigenvalue weighted by Crippen LogP contribution is 2.49. The van der Waals surface area contributed by atoms with Gasteiger partial charge >= 0.3 is 12.1 Å². The Bertz CT molecular complexity index is 657. The van der Waals surface area contributed by atoms with Crippen molar-refractivity contribution in [2.75, 3.05) is 0 Å². The molecule has 1 amide bonds. The molecule has 1 aromatic rings. The summed E-state index contributed by atoms with van der Waals surface area (Å²) >= 11 is 0. The Morgan fingerprint density at radius 2 is 1.96 bits per heavy atom. The van der Waals surface area contributed by atoms with Gasteiger partial charge in [-0.1, -0.05) is 30.3 Å². The summed E-state index contributed by atoms with van der Waals surface area (Å²) in [5.41, 5.74) is -1.10. The first-order valence-corrected chi connectivity index (χ1v) is 8.60. The van der Waals surface area contributed by atoms with Crippen molar-refractivity contribution < 1.29 is 23.5 Å². The highest BCUT2D eigenvalue weighted by Gasteiger charge is 2.65. The van der Waals surface area contributed by atoms with E-state index in [0.717, 1.165) is 5.56 Å². The SMILES string of the molecule is CC(C)(C)OC(=O)[C@]12CC[C@H]([C@H](F)C1)N2C(=O)OCc1ccccc1. The lowest BCUT2D eigenvalue weighted by atomic mass is 9.86. The Morgan fingerprint density at radius 3 is 2.56 bits per heavy atom. The monoisotopic (exact) mass is 349 g/mol. The van der Waals surface area contributed by atoms with Gasteiger partial charge in [0.2, 0.25) is 0 Å². The van der Waals surface area contributed by atoms with Crippen LogP contribution in [0.1, 0.15) is 45.6 Å². The molecule has 2 aliphatic rings. The van der Waals surface area contributed by atoms with Crippen LogP contribution in [-0.2, 0) is 20.9 Å². The first kappa shape index (κ1) is 17.7. The van der Waals surface area contributed by atoms with Crippen LogP contribution >= 0.6 is 0 Å². The van der Waals surface area contributed by atoms with E-state index in [0.29, 0.717) is 12.8 Å². The van der Waals surface area contributed by atoms with Gasteiger partial charge in [-0.25, -0.2) is 14.0 Å². The second-order valence-corrected chi connectivity index (χ2v) is 7.77. The molecule has 0 spiro atoms. The van der Waals surface area contributed by atoms with E-state index in [4.69, 9.17) is 9.47 Å². The van der Waals surface area contributed by atoms with E-state index in [9.17, 15) is 14.0 Å². The molecule has 25 heavy (non-hydrogen) atoms. The van der Waals surface area contributed by atoms with Crippen molar-refractivity contribution in [2.24, 2.45) is 0 Å². The molecular weight excluding hydrogens is 325 g/mol. The molecule has 1 aromatic carbocycles. The average molecular weight is 349 g/mol. The van der Waals surface area contributed by atoms with Crippen molar-refractivity contribution in [3.05, 3.63) is 35.9 Å². The summed E-state index contributed by atoms with van der Waals surface area (Å²) in [6, 6.07) is 8.64. The van der Waals surface area contributed by atoms with Crippen LogP contribution < -0.4 is 0 Å². The van der Waals surface area contributed by atoms with Gasteiger partial charge in [0, 0.05) is 6.42 Å². The van der Waals surface area contributed by atoms with E-state index in [-0.39, 0.29) is 13.0 Å². The van der Waals surface area contributed by atoms with Crippen molar-refractivity contribution in [3.8, 4) is 0 Å². The zero-order valence-corrected chi connectivity index (χ0v) is 14.8. The maximum atomic E-state index is 14.4. The van der Waals surface area contributed by atoms with Gasteiger partial charge in [-0.05, 0) is 39.2 Å². The lowest BCUT2D eigenvalue weighted by Crippen LogP contribution is -2.53. The van der Waals surface area contributed by atoms with Gasteiger partial charge < -0.3 is 9.47 Å². The highest BCUT2D eigenvalue weighted by atomic mass is 19.1. The molecular formula is C19H24FNO4. The zero-order chi connectivity index (χ0) is 18.2. The third kappa shape index (κ3) is 3.34. The predicted octanol–water partition coefficient (Wildman–Crippen LogP) is 3.61. The van der Waals surface area contributed by atoms with Crippen molar-refractivity contribution in [1.82, 2.24) is 4.90 Å². The Labute approximate surface area is 147 Å². The minimum absolute atomic E-state index is 0.0208. The molecule has 0 aromatic heterocycles. The number of carbonyl (C=O) groups is 2. The van der Waals surface area contributed by atoms with Gasteiger partial charge in [-0.15, -0.1) is 0 Å². The summed E-state index contributed by atoms with van der Waals surface area (Å²) in [6.07, 6.45) is -1.05. The Hall–Kier alpha value is -2.11. The average Bonchev–Trinajstić information content (AvgIpc) is 3.05. The fourth-order valence-corrected chi connectivity index (χ4v) is 3.71. The molecule has 2 saturated heterocycles. The van der Waals surface area contributed by atoms with Gasteiger partial charge in [0.25, 0.3) is 0 Å². The van der Waals surface area contributed by atoms with Crippen LogP contribution in [0.4, 0.5) is 9.18 Å². The fraction of sp³-hybridized carbons (Fsp3) is 0.579. The molecule has 2 fully saturated rings. The lowest BCUT2D eigenvalue weighted by molar-refractivity contribution is -0.166. The number of benzene rings is 1. The molecule has 2 bridgehead atoms. The summed E-state index contributed by atoms with van der Waals surface area (Å²) in [5.74, 6) is -0.542. The number of ether oxygens (including phenoxy) is 2. The molecule has 0 saturated carbocycles. The van der Waals surface area contributed by atoms with Crippen LogP contribution in [0, 0.1) is 0 Å². The molecule has 0 unspecified atom stereocenters. The second kappa shape index (κ2) is 6.32. The summed E-state index contributed by atoms with van der Waals surface area (Å²) < 4.78 is 25.2. The number of carbonyl (C=O) groups excluding carboxylic acids is 2. The number of alkyl halides is 1. The molecule has 3 rings (SSSR count). The Balaban J connectivity index is 1.76. The third-order valence-electron chi connectivity index (χ3n) is 4.78. The number of rotatable bonds is 3. The molecule has 5 nitrogen and oxygen atoms in total. The number of hydrogen-bond acceptors (Lipinski definition) is 4. The Morgan fingerprint density at radius 1 is 1.28 bits per heavy atom. The fourth-order valence-electron chi connectivity index (χ4n) is 3.71. The number of hydrogen-bond donors (Lipinski definition) is 0. The molecule has 6 heteroatoms. The molecule has 0 N–H and O–H groups in total. The van der Waals surface area contributed by atoms with Crippen LogP contribution in [-0.4, -0.2) is 40.3 Å². The van der Waals surface area contributed by atoms with Crippen LogP contribution in [0.3, 0.4) is 0 Å². The molecule has 136 valence electrons. The topological polar surface area (TPSA) is 55.8 Å². The molecule has 3 atom stereocenters. The van der Waals surface area contributed by atoms with E-state index < -0.39 is 35.4 Å². The first-order valence-electron chi connectivity index (χ1n) is 8.60. The smallest absolute Gasteiger partial charge is 0.411 e. The van der Waals surface area contributed by atoms with Gasteiger partial charge in [0.1, 0.15) is 23.9 Å². The lowest BCUT2D eigenvalue weighted by Gasteiger charge is -2.34. The maximum absolute atomic E-state index is 14.4. The molecule has 2 aliphatic heterocycles. The summed E-state index contributed by atoms with van der Waals surface area (Å²) in [4.78, 5) is 26.7. The van der Waals surface area contributed by atoms with E-state index in [1.807, 2.05) is 30.3 Å². The largest absolute Gasteiger partial charge is 0.458 e. The summed E-state index contributed by atoms with van der Waals surface area (Å²) in [5, 5.41) is 0. The maximum Gasteiger partial charge on any atom is 0.411 e. The quantitative estimate of drug-likeness (QED) is 0.782.